The van der Waals surface area contributed by atoms with E-state index >= 15 is 0 Å². The van der Waals surface area contributed by atoms with E-state index in [0.29, 0.717) is 17.9 Å². The first kappa shape index (κ1) is 28.6. The van der Waals surface area contributed by atoms with Crippen LogP contribution < -0.4 is 14.4 Å². The quantitative estimate of drug-likeness (QED) is 0.379. The highest BCUT2D eigenvalue weighted by Gasteiger charge is 2.32. The molecule has 0 bridgehead atoms. The van der Waals surface area contributed by atoms with Crippen LogP contribution in [-0.2, 0) is 32.6 Å². The summed E-state index contributed by atoms with van der Waals surface area (Å²) < 4.78 is 45.1. The van der Waals surface area contributed by atoms with Crippen molar-refractivity contribution in [3.63, 3.8) is 0 Å². The Morgan fingerprint density at radius 1 is 0.974 bits per heavy atom. The number of nitrogens with one attached hydrogen (secondary N) is 1. The highest BCUT2D eigenvalue weighted by Crippen LogP contribution is 2.22. The molecule has 0 saturated heterocycles. The Morgan fingerprint density at radius 2 is 1.63 bits per heavy atom. The number of hydrogen-bond donors (Lipinski definition) is 1. The van der Waals surface area contributed by atoms with Gasteiger partial charge in [-0.15, -0.1) is 0 Å². The summed E-state index contributed by atoms with van der Waals surface area (Å²) in [5.74, 6) is -0.904. The maximum absolute atomic E-state index is 13.9. The average Bonchev–Trinajstić information content (AvgIpc) is 2.90. The number of likely N-dealkylation sites (N-methyl/N-ethyl adjacent to an activating group) is 1. The summed E-state index contributed by atoms with van der Waals surface area (Å²) in [6.45, 7) is 1.60. The monoisotopic (exact) mass is 541 g/mol. The highest BCUT2D eigenvalue weighted by molar-refractivity contribution is 7.92. The van der Waals surface area contributed by atoms with Gasteiger partial charge in [0.2, 0.25) is 21.8 Å². The fraction of sp³-hybridized carbons (Fsp3) is 0.286. The van der Waals surface area contributed by atoms with E-state index in [-0.39, 0.29) is 24.6 Å². The number of rotatable bonds is 12. The summed E-state index contributed by atoms with van der Waals surface area (Å²) in [4.78, 5) is 28.6. The van der Waals surface area contributed by atoms with Gasteiger partial charge >= 0.3 is 0 Å². The first-order valence-electron chi connectivity index (χ1n) is 12.1. The number of halogens is 1. The molecule has 0 unspecified atom stereocenters. The van der Waals surface area contributed by atoms with Crippen LogP contribution in [0.25, 0.3) is 0 Å². The van der Waals surface area contributed by atoms with Crippen LogP contribution in [0.15, 0.2) is 78.9 Å². The molecule has 8 nitrogen and oxygen atoms in total. The van der Waals surface area contributed by atoms with Crippen LogP contribution in [0.2, 0.25) is 0 Å². The molecule has 0 heterocycles. The summed E-state index contributed by atoms with van der Waals surface area (Å²) in [5, 5.41) is 2.80. The topological polar surface area (TPSA) is 96.0 Å². The van der Waals surface area contributed by atoms with Gasteiger partial charge in [0.1, 0.15) is 24.2 Å². The van der Waals surface area contributed by atoms with Crippen molar-refractivity contribution in [2.75, 3.05) is 30.8 Å². The molecule has 38 heavy (non-hydrogen) atoms. The van der Waals surface area contributed by atoms with Crippen LogP contribution >= 0.6 is 0 Å². The largest absolute Gasteiger partial charge is 0.497 e. The van der Waals surface area contributed by atoms with E-state index < -0.39 is 34.3 Å². The minimum Gasteiger partial charge on any atom is -0.497 e. The van der Waals surface area contributed by atoms with E-state index in [1.165, 1.54) is 24.1 Å². The number of benzene rings is 3. The predicted octanol–water partition coefficient (Wildman–Crippen LogP) is 3.38. The number of carbonyl (C=O) groups excluding carboxylic acids is 2. The number of hydrogen-bond acceptors (Lipinski definition) is 5. The van der Waals surface area contributed by atoms with Gasteiger partial charge in [-0.3, -0.25) is 13.9 Å². The molecule has 0 radical (unpaired) electrons. The molecule has 0 aliphatic carbocycles. The van der Waals surface area contributed by atoms with Crippen molar-refractivity contribution in [1.82, 2.24) is 10.2 Å². The van der Waals surface area contributed by atoms with Crippen LogP contribution in [0.5, 0.6) is 5.75 Å². The van der Waals surface area contributed by atoms with Gasteiger partial charge in [-0.2, -0.15) is 0 Å². The lowest BCUT2D eigenvalue weighted by Gasteiger charge is -2.33. The molecule has 202 valence electrons. The summed E-state index contributed by atoms with van der Waals surface area (Å²) in [6.07, 6.45) is 1.19. The second-order valence-corrected chi connectivity index (χ2v) is 10.6. The smallest absolute Gasteiger partial charge is 0.244 e. The first-order chi connectivity index (χ1) is 18.1. The zero-order valence-corrected chi connectivity index (χ0v) is 22.4. The maximum atomic E-state index is 13.9. The van der Waals surface area contributed by atoms with Gasteiger partial charge in [0.25, 0.3) is 0 Å². The van der Waals surface area contributed by atoms with E-state index in [2.05, 4.69) is 5.32 Å². The highest BCUT2D eigenvalue weighted by atomic mass is 32.2. The fourth-order valence-electron chi connectivity index (χ4n) is 4.03. The molecule has 0 spiro atoms. The van der Waals surface area contributed by atoms with Crippen molar-refractivity contribution >= 4 is 27.5 Å². The van der Waals surface area contributed by atoms with Crippen molar-refractivity contribution < 1.29 is 27.1 Å². The number of ether oxygens (including phenoxy) is 1. The second kappa shape index (κ2) is 13.0. The third kappa shape index (κ3) is 7.79. The summed E-state index contributed by atoms with van der Waals surface area (Å²) >= 11 is 0. The number of methoxy groups -OCH3 is 1. The van der Waals surface area contributed by atoms with E-state index in [0.717, 1.165) is 28.3 Å². The lowest BCUT2D eigenvalue weighted by Crippen LogP contribution is -2.53. The Hall–Kier alpha value is -3.92. The standard InChI is InChI=1S/C28H32FN3O5S/c1-4-30-28(34)26(18-21-9-6-5-7-10-21)31(19-22-11-8-12-25(17-22)37-2)27(33)20-32(38(3,35)36)24-15-13-23(29)14-16-24/h5-17,26H,4,18-20H2,1-3H3,(H,30,34)/t26-/m1/s1. The third-order valence-corrected chi connectivity index (χ3v) is 7.04. The maximum Gasteiger partial charge on any atom is 0.244 e. The van der Waals surface area contributed by atoms with Crippen molar-refractivity contribution in [3.8, 4) is 5.75 Å². The van der Waals surface area contributed by atoms with E-state index in [4.69, 9.17) is 4.74 Å². The van der Waals surface area contributed by atoms with E-state index in [1.807, 2.05) is 30.3 Å². The van der Waals surface area contributed by atoms with Crippen LogP contribution in [-0.4, -0.2) is 57.6 Å². The molecule has 0 aliphatic heterocycles. The molecule has 3 aromatic rings. The van der Waals surface area contributed by atoms with Gasteiger partial charge in [-0.25, -0.2) is 12.8 Å². The molecular formula is C28H32FN3O5S. The molecule has 1 N–H and O–H groups in total. The molecule has 3 rings (SSSR count). The molecule has 2 amide bonds. The van der Waals surface area contributed by atoms with Gasteiger partial charge in [0.15, 0.2) is 0 Å². The molecule has 0 fully saturated rings. The Kier molecular flexibility index (Phi) is 9.84. The van der Waals surface area contributed by atoms with E-state index in [9.17, 15) is 22.4 Å². The zero-order valence-electron chi connectivity index (χ0n) is 21.6. The Balaban J connectivity index is 2.04. The summed E-state index contributed by atoms with van der Waals surface area (Å²) in [5.41, 5.74) is 1.68. The lowest BCUT2D eigenvalue weighted by atomic mass is 10.0. The van der Waals surface area contributed by atoms with Gasteiger partial charge in [-0.05, 0) is 54.4 Å². The number of amides is 2. The lowest BCUT2D eigenvalue weighted by molar-refractivity contribution is -0.140. The second-order valence-electron chi connectivity index (χ2n) is 8.72. The molecule has 1 atom stereocenters. The van der Waals surface area contributed by atoms with Crippen molar-refractivity contribution in [1.29, 1.82) is 0 Å². The molecule has 0 saturated carbocycles. The minimum atomic E-state index is -3.92. The van der Waals surface area contributed by atoms with Gasteiger partial charge < -0.3 is 15.0 Å². The number of carbonyl (C=O) groups is 2. The zero-order chi connectivity index (χ0) is 27.7. The molecule has 0 aromatic heterocycles. The molecule has 0 aliphatic rings. The SMILES string of the molecule is CCNC(=O)[C@@H](Cc1ccccc1)N(Cc1cccc(OC)c1)C(=O)CN(c1ccc(F)cc1)S(C)(=O)=O. The van der Waals surface area contributed by atoms with Crippen LogP contribution in [0.3, 0.4) is 0 Å². The predicted molar refractivity (Wildman–Crippen MR) is 145 cm³/mol. The third-order valence-electron chi connectivity index (χ3n) is 5.90. The minimum absolute atomic E-state index is 0.0334. The van der Waals surface area contributed by atoms with E-state index in [1.54, 1.807) is 31.2 Å². The van der Waals surface area contributed by atoms with Gasteiger partial charge in [0.05, 0.1) is 19.1 Å². The Bertz CT molecular complexity index is 1330. The fourth-order valence-corrected chi connectivity index (χ4v) is 4.88. The molecular weight excluding hydrogens is 509 g/mol. The molecule has 10 heteroatoms. The summed E-state index contributed by atoms with van der Waals surface area (Å²) in [6, 6.07) is 20.3. The first-order valence-corrected chi connectivity index (χ1v) is 13.9. The molecule has 3 aromatic carbocycles. The number of sulfonamides is 1. The van der Waals surface area contributed by atoms with Gasteiger partial charge in [-0.1, -0.05) is 42.5 Å². The van der Waals surface area contributed by atoms with Crippen LogP contribution in [0, 0.1) is 5.82 Å². The van der Waals surface area contributed by atoms with Gasteiger partial charge in [0, 0.05) is 19.5 Å². The van der Waals surface area contributed by atoms with Crippen LogP contribution in [0.4, 0.5) is 10.1 Å². The Labute approximate surface area is 223 Å². The number of nitrogens with zero attached hydrogens (tertiary/aromatic N) is 2. The number of anilines is 1. The van der Waals surface area contributed by atoms with Crippen molar-refractivity contribution in [2.45, 2.75) is 25.9 Å². The van der Waals surface area contributed by atoms with Crippen molar-refractivity contribution in [3.05, 3.63) is 95.8 Å². The Morgan fingerprint density at radius 3 is 2.24 bits per heavy atom. The normalized spacial score (nSPS) is 11.9. The van der Waals surface area contributed by atoms with Crippen molar-refractivity contribution in [2.24, 2.45) is 0 Å². The average molecular weight is 542 g/mol. The summed E-state index contributed by atoms with van der Waals surface area (Å²) in [7, 11) is -2.39. The van der Waals surface area contributed by atoms with Crippen LogP contribution in [0.1, 0.15) is 18.1 Å².